The molecule has 0 heterocycles. The van der Waals surface area contributed by atoms with E-state index in [2.05, 4.69) is 15.4 Å². The number of carbonyl (C=O) groups is 3. The fourth-order valence-corrected chi connectivity index (χ4v) is 2.10. The molecular formula is C18H18N2O5. The summed E-state index contributed by atoms with van der Waals surface area (Å²) in [6.07, 6.45) is -0.387. The Labute approximate surface area is 144 Å². The van der Waals surface area contributed by atoms with Crippen LogP contribution >= 0.6 is 0 Å². The fraction of sp³-hybridized carbons (Fsp3) is 0.167. The molecule has 130 valence electrons. The summed E-state index contributed by atoms with van der Waals surface area (Å²) in [5, 5.41) is 5.15. The third-order valence-corrected chi connectivity index (χ3v) is 3.30. The third-order valence-electron chi connectivity index (χ3n) is 3.30. The second-order valence-electron chi connectivity index (χ2n) is 5.04. The molecule has 0 saturated carbocycles. The van der Waals surface area contributed by atoms with E-state index in [1.165, 1.54) is 13.2 Å². The smallest absolute Gasteiger partial charge is 0.339 e. The first kappa shape index (κ1) is 18.0. The molecule has 2 rings (SSSR count). The maximum Gasteiger partial charge on any atom is 0.339 e. The highest BCUT2D eigenvalue weighted by Gasteiger charge is 2.15. The van der Waals surface area contributed by atoms with Crippen LogP contribution in [-0.4, -0.2) is 32.0 Å². The molecule has 0 fully saturated rings. The van der Waals surface area contributed by atoms with Gasteiger partial charge < -0.3 is 20.1 Å². The number of benzene rings is 2. The first-order valence-corrected chi connectivity index (χ1v) is 7.44. The van der Waals surface area contributed by atoms with Crippen molar-refractivity contribution in [2.75, 3.05) is 24.9 Å². The zero-order valence-corrected chi connectivity index (χ0v) is 13.9. The fourth-order valence-electron chi connectivity index (χ4n) is 2.10. The van der Waals surface area contributed by atoms with Gasteiger partial charge in [0, 0.05) is 5.69 Å². The van der Waals surface area contributed by atoms with E-state index in [4.69, 9.17) is 4.74 Å². The van der Waals surface area contributed by atoms with Crippen LogP contribution in [0.1, 0.15) is 16.8 Å². The van der Waals surface area contributed by atoms with E-state index in [-0.39, 0.29) is 17.7 Å². The normalized spacial score (nSPS) is 9.84. The molecule has 0 radical (unpaired) electrons. The summed E-state index contributed by atoms with van der Waals surface area (Å²) < 4.78 is 9.69. The molecule has 2 N–H and O–H groups in total. The van der Waals surface area contributed by atoms with E-state index in [1.54, 1.807) is 49.6 Å². The van der Waals surface area contributed by atoms with Gasteiger partial charge in [-0.15, -0.1) is 0 Å². The molecule has 0 bridgehead atoms. The summed E-state index contributed by atoms with van der Waals surface area (Å²) in [5.41, 5.74) is 1.05. The lowest BCUT2D eigenvalue weighted by Crippen LogP contribution is -2.22. The van der Waals surface area contributed by atoms with Gasteiger partial charge in [0.1, 0.15) is 12.2 Å². The van der Waals surface area contributed by atoms with E-state index in [0.29, 0.717) is 11.4 Å². The van der Waals surface area contributed by atoms with Crippen molar-refractivity contribution < 1.29 is 23.9 Å². The molecule has 0 aliphatic heterocycles. The molecule has 7 heteroatoms. The highest BCUT2D eigenvalue weighted by Crippen LogP contribution is 2.17. The topological polar surface area (TPSA) is 93.7 Å². The van der Waals surface area contributed by atoms with Crippen molar-refractivity contribution in [1.82, 2.24) is 0 Å². The summed E-state index contributed by atoms with van der Waals surface area (Å²) in [6, 6.07) is 13.1. The van der Waals surface area contributed by atoms with Crippen molar-refractivity contribution in [2.24, 2.45) is 0 Å². The first-order chi connectivity index (χ1) is 12.0. The lowest BCUT2D eigenvalue weighted by atomic mass is 10.1. The second kappa shape index (κ2) is 8.49. The summed E-state index contributed by atoms with van der Waals surface area (Å²) in [4.78, 5) is 35.6. The molecular weight excluding hydrogens is 324 g/mol. The Bertz CT molecular complexity index is 771. The Morgan fingerprint density at radius 1 is 0.880 bits per heavy atom. The summed E-state index contributed by atoms with van der Waals surface area (Å²) in [6.45, 7) is 0. The number of hydrogen-bond donors (Lipinski definition) is 2. The first-order valence-electron chi connectivity index (χ1n) is 7.44. The van der Waals surface area contributed by atoms with Crippen molar-refractivity contribution in [2.45, 2.75) is 6.42 Å². The lowest BCUT2D eigenvalue weighted by Gasteiger charge is -2.10. The lowest BCUT2D eigenvalue weighted by molar-refractivity contribution is -0.123. The molecule has 0 aliphatic carbocycles. The van der Waals surface area contributed by atoms with Gasteiger partial charge in [-0.05, 0) is 36.4 Å². The Morgan fingerprint density at radius 2 is 1.52 bits per heavy atom. The van der Waals surface area contributed by atoms with Crippen molar-refractivity contribution in [3.63, 3.8) is 0 Å². The van der Waals surface area contributed by atoms with E-state index in [0.717, 1.165) is 0 Å². The van der Waals surface area contributed by atoms with Gasteiger partial charge >= 0.3 is 5.97 Å². The SMILES string of the molecule is COC(=O)c1ccccc1NC(=O)CC(=O)Nc1ccc(OC)cc1. The quantitative estimate of drug-likeness (QED) is 0.621. The van der Waals surface area contributed by atoms with Crippen molar-refractivity contribution in [1.29, 1.82) is 0 Å². The third kappa shape index (κ3) is 5.07. The van der Waals surface area contributed by atoms with E-state index in [9.17, 15) is 14.4 Å². The number of para-hydroxylation sites is 1. The number of carbonyl (C=O) groups excluding carboxylic acids is 3. The standard InChI is InChI=1S/C18H18N2O5/c1-24-13-9-7-12(8-10-13)19-16(21)11-17(22)20-15-6-4-3-5-14(15)18(23)25-2/h3-10H,11H2,1-2H3,(H,19,21)(H,20,22). The predicted octanol–water partition coefficient (Wildman–Crippen LogP) is 2.45. The molecule has 0 spiro atoms. The van der Waals surface area contributed by atoms with E-state index >= 15 is 0 Å². The van der Waals surface area contributed by atoms with Crippen molar-refractivity contribution in [3.05, 3.63) is 54.1 Å². The van der Waals surface area contributed by atoms with Crippen LogP contribution in [0.3, 0.4) is 0 Å². The van der Waals surface area contributed by atoms with Gasteiger partial charge in [0.05, 0.1) is 25.5 Å². The summed E-state index contributed by atoms with van der Waals surface area (Å²) >= 11 is 0. The monoisotopic (exact) mass is 342 g/mol. The van der Waals surface area contributed by atoms with Crippen molar-refractivity contribution >= 4 is 29.2 Å². The van der Waals surface area contributed by atoms with Gasteiger partial charge in [0.2, 0.25) is 11.8 Å². The van der Waals surface area contributed by atoms with Crippen molar-refractivity contribution in [3.8, 4) is 5.75 Å². The number of ether oxygens (including phenoxy) is 2. The van der Waals surface area contributed by atoms with Gasteiger partial charge in [0.15, 0.2) is 0 Å². The van der Waals surface area contributed by atoms with Gasteiger partial charge in [-0.2, -0.15) is 0 Å². The minimum Gasteiger partial charge on any atom is -0.497 e. The van der Waals surface area contributed by atoms with Crippen LogP contribution in [0.4, 0.5) is 11.4 Å². The number of nitrogens with one attached hydrogen (secondary N) is 2. The molecule has 0 atom stereocenters. The molecule has 0 aromatic heterocycles. The molecule has 0 aliphatic rings. The number of rotatable bonds is 6. The number of hydrogen-bond acceptors (Lipinski definition) is 5. The van der Waals surface area contributed by atoms with Crippen LogP contribution < -0.4 is 15.4 Å². The Morgan fingerprint density at radius 3 is 2.16 bits per heavy atom. The second-order valence-corrected chi connectivity index (χ2v) is 5.04. The molecule has 0 saturated heterocycles. The maximum atomic E-state index is 12.0. The Hall–Kier alpha value is -3.35. The molecule has 2 aromatic rings. The van der Waals surface area contributed by atoms with Gasteiger partial charge in [-0.25, -0.2) is 4.79 Å². The maximum absolute atomic E-state index is 12.0. The van der Waals surface area contributed by atoms with Gasteiger partial charge in [0.25, 0.3) is 0 Å². The average Bonchev–Trinajstić information content (AvgIpc) is 2.62. The molecule has 0 unspecified atom stereocenters. The number of amides is 2. The van der Waals surface area contributed by atoms with Gasteiger partial charge in [-0.3, -0.25) is 9.59 Å². The zero-order valence-electron chi connectivity index (χ0n) is 13.9. The molecule has 25 heavy (non-hydrogen) atoms. The van der Waals surface area contributed by atoms with Crippen LogP contribution in [-0.2, 0) is 14.3 Å². The minimum absolute atomic E-state index is 0.217. The average molecular weight is 342 g/mol. The zero-order chi connectivity index (χ0) is 18.2. The van der Waals surface area contributed by atoms with Crippen LogP contribution in [0.2, 0.25) is 0 Å². The predicted molar refractivity (Wildman–Crippen MR) is 92.7 cm³/mol. The minimum atomic E-state index is -0.571. The molecule has 7 nitrogen and oxygen atoms in total. The number of anilines is 2. The highest BCUT2D eigenvalue weighted by molar-refractivity contribution is 6.09. The Kier molecular flexibility index (Phi) is 6.11. The Balaban J connectivity index is 1.95. The van der Waals surface area contributed by atoms with Gasteiger partial charge in [-0.1, -0.05) is 12.1 Å². The number of esters is 1. The summed E-state index contributed by atoms with van der Waals surface area (Å²) in [7, 11) is 2.80. The van der Waals surface area contributed by atoms with E-state index < -0.39 is 17.8 Å². The largest absolute Gasteiger partial charge is 0.497 e. The van der Waals surface area contributed by atoms with Crippen LogP contribution in [0.15, 0.2) is 48.5 Å². The molecule has 2 aromatic carbocycles. The van der Waals surface area contributed by atoms with Crippen LogP contribution in [0.25, 0.3) is 0 Å². The van der Waals surface area contributed by atoms with E-state index in [1.807, 2.05) is 0 Å². The highest BCUT2D eigenvalue weighted by atomic mass is 16.5. The van der Waals surface area contributed by atoms with Crippen LogP contribution in [0.5, 0.6) is 5.75 Å². The summed E-state index contributed by atoms with van der Waals surface area (Å²) in [5.74, 6) is -0.922. The van der Waals surface area contributed by atoms with Crippen LogP contribution in [0, 0.1) is 0 Å². The number of methoxy groups -OCH3 is 2. The molecule has 2 amide bonds.